The normalized spacial score (nSPS) is 17.3. The Balaban J connectivity index is 1.59. The van der Waals surface area contributed by atoms with Crippen molar-refractivity contribution in [3.05, 3.63) is 117 Å². The van der Waals surface area contributed by atoms with Crippen molar-refractivity contribution in [3.8, 4) is 0 Å². The lowest BCUT2D eigenvalue weighted by Gasteiger charge is -2.27. The van der Waals surface area contributed by atoms with Crippen LogP contribution in [0.1, 0.15) is 58.3 Å². The number of nitrogens with zero attached hydrogens (tertiary/aromatic N) is 2. The van der Waals surface area contributed by atoms with Crippen molar-refractivity contribution in [1.29, 1.82) is 0 Å². The van der Waals surface area contributed by atoms with Crippen LogP contribution in [0.3, 0.4) is 0 Å². The average molecular weight is 555 g/mol. The molecule has 3 aromatic rings. The van der Waals surface area contributed by atoms with Gasteiger partial charge in [0.25, 0.3) is 5.91 Å². The van der Waals surface area contributed by atoms with Gasteiger partial charge in [0.15, 0.2) is 11.0 Å². The number of piperidine rings is 1. The van der Waals surface area contributed by atoms with Crippen LogP contribution in [0, 0.1) is 13.8 Å². The van der Waals surface area contributed by atoms with E-state index >= 15 is 0 Å². The van der Waals surface area contributed by atoms with Crippen molar-refractivity contribution < 1.29 is 9.59 Å². The summed E-state index contributed by atoms with van der Waals surface area (Å²) in [6.07, 6.45) is 5.61. The van der Waals surface area contributed by atoms with Crippen LogP contribution in [-0.2, 0) is 4.79 Å². The van der Waals surface area contributed by atoms with Gasteiger partial charge in [-0.25, -0.2) is 0 Å². The molecule has 0 radical (unpaired) electrons. The quantitative estimate of drug-likeness (QED) is 0.228. The average Bonchev–Trinajstić information content (AvgIpc) is 3.34. The van der Waals surface area contributed by atoms with E-state index in [1.165, 1.54) is 18.2 Å². The van der Waals surface area contributed by atoms with Gasteiger partial charge in [0.05, 0.1) is 4.91 Å². The number of carbonyl (C=O) groups excluding carboxylic acids is 2. The van der Waals surface area contributed by atoms with E-state index in [2.05, 4.69) is 9.89 Å². The van der Waals surface area contributed by atoms with Crippen molar-refractivity contribution in [1.82, 2.24) is 4.90 Å². The molecule has 6 heteroatoms. The highest BCUT2D eigenvalue weighted by Crippen LogP contribution is 2.38. The maximum absolute atomic E-state index is 13.4. The first-order chi connectivity index (χ1) is 18.9. The summed E-state index contributed by atoms with van der Waals surface area (Å²) in [5, 5.41) is 1.40. The third-order valence-corrected chi connectivity index (χ3v) is 8.46. The molecule has 0 N–H and O–H groups in total. The first kappa shape index (κ1) is 27.2. The molecular formula is C33H31ClN2O2S. The van der Waals surface area contributed by atoms with Gasteiger partial charge in [-0.2, -0.15) is 4.99 Å². The number of likely N-dealkylation sites (tertiary alicyclic amines) is 1. The molecule has 0 saturated carbocycles. The highest BCUT2D eigenvalue weighted by molar-refractivity contribution is 8.18. The van der Waals surface area contributed by atoms with Crippen LogP contribution in [0.2, 0.25) is 5.02 Å². The number of carbonyl (C=O) groups is 2. The molecule has 0 unspecified atom stereocenters. The molecule has 2 aliphatic heterocycles. The van der Waals surface area contributed by atoms with Gasteiger partial charge in [-0.1, -0.05) is 83.4 Å². The summed E-state index contributed by atoms with van der Waals surface area (Å²) in [6, 6.07) is 23.3. The minimum atomic E-state index is -0.229. The number of allylic oxidation sites excluding steroid dienone is 3. The van der Waals surface area contributed by atoms with Crippen molar-refractivity contribution >= 4 is 51.4 Å². The number of benzene rings is 3. The standard InChI is InChI=1S/C33H31ClN2O2S/c1-22-6-10-25(11-7-22)29(31-32(38)35-33(39-31)36-18-4-3-5-19-36)20-27(24-14-16-28(34)17-15-24)21-30(37)26-12-8-23(2)9-13-26/h6-17,20H,3-5,18-19,21H2,1-2H3/b27-20+,31-29-. The van der Waals surface area contributed by atoms with Crippen LogP contribution in [0.15, 0.2) is 88.8 Å². The largest absolute Gasteiger partial charge is 0.351 e. The van der Waals surface area contributed by atoms with Crippen LogP contribution in [0.4, 0.5) is 0 Å². The Morgan fingerprint density at radius 3 is 2.03 bits per heavy atom. The first-order valence-electron chi connectivity index (χ1n) is 13.3. The van der Waals surface area contributed by atoms with Crippen LogP contribution >= 0.6 is 23.4 Å². The number of amides is 1. The van der Waals surface area contributed by atoms with E-state index in [-0.39, 0.29) is 18.1 Å². The molecule has 5 rings (SSSR count). The summed E-state index contributed by atoms with van der Waals surface area (Å²) >= 11 is 7.64. The zero-order chi connectivity index (χ0) is 27.4. The van der Waals surface area contributed by atoms with Crippen molar-refractivity contribution in [2.45, 2.75) is 39.5 Å². The molecule has 4 nitrogen and oxygen atoms in total. The molecule has 0 spiro atoms. The third-order valence-electron chi connectivity index (χ3n) is 7.08. The number of amidine groups is 1. The molecular weight excluding hydrogens is 524 g/mol. The van der Waals surface area contributed by atoms with E-state index in [0.29, 0.717) is 15.5 Å². The number of Topliss-reactive ketones (excluding diaryl/α,β-unsaturated/α-hetero) is 1. The second-order valence-corrected chi connectivity index (χ2v) is 11.5. The Morgan fingerprint density at radius 2 is 1.41 bits per heavy atom. The predicted molar refractivity (Wildman–Crippen MR) is 163 cm³/mol. The first-order valence-corrected chi connectivity index (χ1v) is 14.5. The van der Waals surface area contributed by atoms with E-state index in [0.717, 1.165) is 64.5 Å². The molecule has 1 amide bonds. The number of halogens is 1. The third kappa shape index (κ3) is 6.60. The fourth-order valence-corrected chi connectivity index (χ4v) is 5.96. The maximum Gasteiger partial charge on any atom is 0.286 e. The predicted octanol–water partition coefficient (Wildman–Crippen LogP) is 8.14. The fourth-order valence-electron chi connectivity index (χ4n) is 4.79. The maximum atomic E-state index is 13.4. The topological polar surface area (TPSA) is 49.7 Å². The number of ketones is 1. The lowest BCUT2D eigenvalue weighted by molar-refractivity contribution is -0.113. The summed E-state index contributed by atoms with van der Waals surface area (Å²) in [4.78, 5) is 34.0. The van der Waals surface area contributed by atoms with Gasteiger partial charge in [0, 0.05) is 35.7 Å². The van der Waals surface area contributed by atoms with Crippen LogP contribution in [0.25, 0.3) is 11.1 Å². The zero-order valence-electron chi connectivity index (χ0n) is 22.2. The Kier molecular flexibility index (Phi) is 8.49. The second-order valence-electron chi connectivity index (χ2n) is 10.1. The van der Waals surface area contributed by atoms with E-state index in [1.807, 2.05) is 92.7 Å². The van der Waals surface area contributed by atoms with Gasteiger partial charge in [0.1, 0.15) is 0 Å². The summed E-state index contributed by atoms with van der Waals surface area (Å²) in [5.74, 6) is -0.215. The second kappa shape index (κ2) is 12.2. The van der Waals surface area contributed by atoms with Gasteiger partial charge >= 0.3 is 0 Å². The van der Waals surface area contributed by atoms with E-state index in [4.69, 9.17) is 11.6 Å². The molecule has 39 heavy (non-hydrogen) atoms. The van der Waals surface area contributed by atoms with Crippen molar-refractivity contribution in [2.75, 3.05) is 13.1 Å². The number of rotatable bonds is 6. The Labute approximate surface area is 239 Å². The fraction of sp³-hybridized carbons (Fsp3) is 0.242. The molecule has 1 fully saturated rings. The molecule has 0 aromatic heterocycles. The number of thioether (sulfide) groups is 1. The molecule has 0 aliphatic carbocycles. The van der Waals surface area contributed by atoms with E-state index in [9.17, 15) is 9.59 Å². The highest BCUT2D eigenvalue weighted by Gasteiger charge is 2.30. The lowest BCUT2D eigenvalue weighted by Crippen LogP contribution is -2.33. The van der Waals surface area contributed by atoms with Crippen LogP contribution in [-0.4, -0.2) is 34.8 Å². The molecule has 0 bridgehead atoms. The molecule has 198 valence electrons. The SMILES string of the molecule is Cc1ccc(C(=O)C/C(=C\C(=C2\SC(N3CCCCC3)=NC2=O)c2ccc(C)cc2)c2ccc(Cl)cc2)cc1. The van der Waals surface area contributed by atoms with Gasteiger partial charge < -0.3 is 4.90 Å². The van der Waals surface area contributed by atoms with Gasteiger partial charge in [0.2, 0.25) is 0 Å². The summed E-state index contributed by atoms with van der Waals surface area (Å²) in [5.41, 5.74) is 6.30. The number of hydrogen-bond acceptors (Lipinski definition) is 4. The zero-order valence-corrected chi connectivity index (χ0v) is 23.8. The Bertz CT molecular complexity index is 1460. The Hall–Kier alpha value is -3.41. The smallest absolute Gasteiger partial charge is 0.286 e. The summed E-state index contributed by atoms with van der Waals surface area (Å²) < 4.78 is 0. The summed E-state index contributed by atoms with van der Waals surface area (Å²) in [6.45, 7) is 5.88. The number of hydrogen-bond donors (Lipinski definition) is 0. The minimum absolute atomic E-state index is 0.0140. The van der Waals surface area contributed by atoms with Gasteiger partial charge in [-0.15, -0.1) is 0 Å². The molecule has 2 heterocycles. The number of aryl methyl sites for hydroxylation is 2. The summed E-state index contributed by atoms with van der Waals surface area (Å²) in [7, 11) is 0. The van der Waals surface area contributed by atoms with Crippen LogP contribution < -0.4 is 0 Å². The number of aliphatic imine (C=N–C) groups is 1. The monoisotopic (exact) mass is 554 g/mol. The van der Waals surface area contributed by atoms with Crippen molar-refractivity contribution in [2.24, 2.45) is 4.99 Å². The molecule has 0 atom stereocenters. The highest BCUT2D eigenvalue weighted by atomic mass is 35.5. The molecule has 1 saturated heterocycles. The van der Waals surface area contributed by atoms with Crippen molar-refractivity contribution in [3.63, 3.8) is 0 Å². The van der Waals surface area contributed by atoms with Gasteiger partial charge in [-0.05, 0) is 79.8 Å². The van der Waals surface area contributed by atoms with Gasteiger partial charge in [-0.3, -0.25) is 9.59 Å². The minimum Gasteiger partial charge on any atom is -0.351 e. The molecule has 2 aliphatic rings. The van der Waals surface area contributed by atoms with E-state index < -0.39 is 0 Å². The molecule has 3 aromatic carbocycles. The lowest BCUT2D eigenvalue weighted by atomic mass is 9.93. The Morgan fingerprint density at radius 1 is 0.846 bits per heavy atom. The van der Waals surface area contributed by atoms with E-state index in [1.54, 1.807) is 0 Å². The van der Waals surface area contributed by atoms with Crippen LogP contribution in [0.5, 0.6) is 0 Å².